The summed E-state index contributed by atoms with van der Waals surface area (Å²) < 4.78 is 26.4. The van der Waals surface area contributed by atoms with Crippen molar-refractivity contribution in [2.45, 2.75) is 36.6 Å². The van der Waals surface area contributed by atoms with Crippen LogP contribution in [0.4, 0.5) is 0 Å². The van der Waals surface area contributed by atoms with Gasteiger partial charge in [-0.15, -0.1) is 11.3 Å². The second-order valence-electron chi connectivity index (χ2n) is 3.83. The first-order valence-electron chi connectivity index (χ1n) is 5.39. The van der Waals surface area contributed by atoms with Crippen LogP contribution in [-0.2, 0) is 16.4 Å². The number of rotatable bonds is 6. The van der Waals surface area contributed by atoms with E-state index in [1.54, 1.807) is 12.1 Å². The van der Waals surface area contributed by atoms with Crippen molar-refractivity contribution in [2.24, 2.45) is 5.73 Å². The van der Waals surface area contributed by atoms with Crippen LogP contribution in [0.15, 0.2) is 16.3 Å². The van der Waals surface area contributed by atoms with Crippen LogP contribution in [-0.4, -0.2) is 32.2 Å². The van der Waals surface area contributed by atoms with Gasteiger partial charge in [-0.05, 0) is 25.5 Å². The van der Waals surface area contributed by atoms with Crippen LogP contribution in [0.25, 0.3) is 0 Å². The first-order chi connectivity index (χ1) is 7.86. The highest BCUT2D eigenvalue weighted by atomic mass is 32.2. The van der Waals surface area contributed by atoms with Gasteiger partial charge in [0.2, 0.25) is 10.0 Å². The standard InChI is InChI=1S/C10H18N2O3S2/c1-3-8-4-5-10(16-8)17(14,15)12-6-9(11)7(2)13/h4-5,7,9,12-13H,3,6,11H2,1-2H3. The highest BCUT2D eigenvalue weighted by Crippen LogP contribution is 2.21. The van der Waals surface area contributed by atoms with Gasteiger partial charge in [-0.3, -0.25) is 0 Å². The van der Waals surface area contributed by atoms with Crippen molar-refractivity contribution in [2.75, 3.05) is 6.54 Å². The molecule has 4 N–H and O–H groups in total. The molecule has 0 aliphatic heterocycles. The molecule has 5 nitrogen and oxygen atoms in total. The van der Waals surface area contributed by atoms with E-state index in [1.807, 2.05) is 6.92 Å². The lowest BCUT2D eigenvalue weighted by Gasteiger charge is -2.14. The molecule has 0 spiro atoms. The molecule has 0 saturated heterocycles. The highest BCUT2D eigenvalue weighted by molar-refractivity contribution is 7.91. The van der Waals surface area contributed by atoms with Crippen LogP contribution in [0, 0.1) is 0 Å². The summed E-state index contributed by atoms with van der Waals surface area (Å²) in [6.07, 6.45) is 0.0696. The molecule has 0 fully saturated rings. The Balaban J connectivity index is 2.69. The first-order valence-corrected chi connectivity index (χ1v) is 7.68. The van der Waals surface area contributed by atoms with Gasteiger partial charge in [0.05, 0.1) is 6.10 Å². The number of thiophene rings is 1. The largest absolute Gasteiger partial charge is 0.392 e. The number of aryl methyl sites for hydroxylation is 1. The minimum Gasteiger partial charge on any atom is -0.392 e. The van der Waals surface area contributed by atoms with Crippen LogP contribution < -0.4 is 10.5 Å². The molecule has 98 valence electrons. The van der Waals surface area contributed by atoms with E-state index in [2.05, 4.69) is 4.72 Å². The van der Waals surface area contributed by atoms with Gasteiger partial charge in [0.15, 0.2) is 0 Å². The average Bonchev–Trinajstić information content (AvgIpc) is 2.75. The Labute approximate surface area is 106 Å². The molecule has 0 aliphatic rings. The number of nitrogens with one attached hydrogen (secondary N) is 1. The SMILES string of the molecule is CCc1ccc(S(=O)(=O)NCC(N)C(C)O)s1. The van der Waals surface area contributed by atoms with Gasteiger partial charge in [0.1, 0.15) is 4.21 Å². The zero-order valence-corrected chi connectivity index (χ0v) is 11.5. The molecule has 0 bridgehead atoms. The van der Waals surface area contributed by atoms with Crippen LogP contribution in [0.5, 0.6) is 0 Å². The molecule has 0 saturated carbocycles. The molecule has 0 radical (unpaired) electrons. The van der Waals surface area contributed by atoms with Gasteiger partial charge in [-0.2, -0.15) is 0 Å². The fourth-order valence-electron chi connectivity index (χ4n) is 1.14. The number of hydrogen-bond acceptors (Lipinski definition) is 5. The molecular weight excluding hydrogens is 260 g/mol. The molecule has 0 amide bonds. The Morgan fingerprint density at radius 1 is 1.53 bits per heavy atom. The normalized spacial score (nSPS) is 15.8. The zero-order valence-electron chi connectivity index (χ0n) is 9.88. The molecule has 1 aromatic heterocycles. The van der Waals surface area contributed by atoms with Crippen molar-refractivity contribution in [3.8, 4) is 0 Å². The summed E-state index contributed by atoms with van der Waals surface area (Å²) in [6, 6.07) is 2.78. The molecule has 2 atom stereocenters. The van der Waals surface area contributed by atoms with Crippen molar-refractivity contribution in [3.63, 3.8) is 0 Å². The average molecular weight is 278 g/mol. The quantitative estimate of drug-likeness (QED) is 0.697. The third-order valence-electron chi connectivity index (χ3n) is 2.38. The van der Waals surface area contributed by atoms with E-state index in [4.69, 9.17) is 5.73 Å². The number of aliphatic hydroxyl groups excluding tert-OH is 1. The van der Waals surface area contributed by atoms with Crippen LogP contribution >= 0.6 is 11.3 Å². The maximum atomic E-state index is 11.9. The number of sulfonamides is 1. The van der Waals surface area contributed by atoms with Crippen LogP contribution in [0.3, 0.4) is 0 Å². The molecule has 7 heteroatoms. The van der Waals surface area contributed by atoms with Gasteiger partial charge < -0.3 is 10.8 Å². The van der Waals surface area contributed by atoms with Gasteiger partial charge >= 0.3 is 0 Å². The molecule has 2 unspecified atom stereocenters. The van der Waals surface area contributed by atoms with Crippen molar-refractivity contribution < 1.29 is 13.5 Å². The lowest BCUT2D eigenvalue weighted by Crippen LogP contribution is -2.43. The Morgan fingerprint density at radius 2 is 2.18 bits per heavy atom. The zero-order chi connectivity index (χ0) is 13.1. The maximum absolute atomic E-state index is 11.9. The fourth-order valence-corrected chi connectivity index (χ4v) is 3.55. The summed E-state index contributed by atoms with van der Waals surface area (Å²) in [5, 5.41) is 9.17. The third-order valence-corrected chi connectivity index (χ3v) is 5.52. The van der Waals surface area contributed by atoms with Gasteiger partial charge in [-0.25, -0.2) is 13.1 Å². The summed E-state index contributed by atoms with van der Waals surface area (Å²) in [7, 11) is -3.50. The second-order valence-corrected chi connectivity index (χ2v) is 6.99. The van der Waals surface area contributed by atoms with E-state index < -0.39 is 22.2 Å². The van der Waals surface area contributed by atoms with Crippen LogP contribution in [0.1, 0.15) is 18.7 Å². The van der Waals surface area contributed by atoms with Crippen molar-refractivity contribution >= 4 is 21.4 Å². The molecule has 1 aromatic rings. The Kier molecular flexibility index (Phi) is 5.08. The van der Waals surface area contributed by atoms with Crippen LogP contribution in [0.2, 0.25) is 0 Å². The Bertz CT molecular complexity index is 454. The summed E-state index contributed by atoms with van der Waals surface area (Å²) in [6.45, 7) is 3.53. The Morgan fingerprint density at radius 3 is 2.65 bits per heavy atom. The van der Waals surface area contributed by atoms with E-state index in [9.17, 15) is 13.5 Å². The van der Waals surface area contributed by atoms with Gasteiger partial charge in [-0.1, -0.05) is 6.92 Å². The number of hydrogen-bond donors (Lipinski definition) is 3. The van der Waals surface area contributed by atoms with E-state index >= 15 is 0 Å². The molecule has 0 aliphatic carbocycles. The lowest BCUT2D eigenvalue weighted by molar-refractivity contribution is 0.164. The number of nitrogens with two attached hydrogens (primary N) is 1. The van der Waals surface area contributed by atoms with E-state index in [0.29, 0.717) is 0 Å². The predicted octanol–water partition coefficient (Wildman–Crippen LogP) is 0.297. The molecule has 1 rings (SSSR count). The van der Waals surface area contributed by atoms with E-state index in [-0.39, 0.29) is 10.8 Å². The topological polar surface area (TPSA) is 92.4 Å². The third kappa shape index (κ3) is 4.04. The molecular formula is C10H18N2O3S2. The van der Waals surface area contributed by atoms with Gasteiger partial charge in [0, 0.05) is 17.5 Å². The summed E-state index contributed by atoms with van der Waals surface area (Å²) in [5.74, 6) is 0. The summed E-state index contributed by atoms with van der Waals surface area (Å²) >= 11 is 1.25. The smallest absolute Gasteiger partial charge is 0.250 e. The van der Waals surface area contributed by atoms with Crippen molar-refractivity contribution in [1.29, 1.82) is 0 Å². The summed E-state index contributed by atoms with van der Waals surface area (Å²) in [4.78, 5) is 1.02. The predicted molar refractivity (Wildman–Crippen MR) is 68.5 cm³/mol. The minimum atomic E-state index is -3.50. The maximum Gasteiger partial charge on any atom is 0.250 e. The summed E-state index contributed by atoms with van der Waals surface area (Å²) in [5.41, 5.74) is 5.56. The lowest BCUT2D eigenvalue weighted by atomic mass is 10.2. The molecule has 17 heavy (non-hydrogen) atoms. The monoisotopic (exact) mass is 278 g/mol. The van der Waals surface area contributed by atoms with E-state index in [0.717, 1.165) is 11.3 Å². The van der Waals surface area contributed by atoms with Crippen molar-refractivity contribution in [1.82, 2.24) is 4.72 Å². The fraction of sp³-hybridized carbons (Fsp3) is 0.600. The molecule has 1 heterocycles. The number of aliphatic hydroxyl groups is 1. The van der Waals surface area contributed by atoms with Crippen molar-refractivity contribution in [3.05, 3.63) is 17.0 Å². The first kappa shape index (κ1) is 14.6. The van der Waals surface area contributed by atoms with Gasteiger partial charge in [0.25, 0.3) is 0 Å². The second kappa shape index (κ2) is 5.92. The Hall–Kier alpha value is -0.470. The van der Waals surface area contributed by atoms with E-state index in [1.165, 1.54) is 18.3 Å². The minimum absolute atomic E-state index is 0.0271. The molecule has 0 aromatic carbocycles. The highest BCUT2D eigenvalue weighted by Gasteiger charge is 2.18.